The van der Waals surface area contributed by atoms with Crippen LogP contribution in [0.25, 0.3) is 0 Å². The molecular weight excluding hydrogens is 440 g/mol. The van der Waals surface area contributed by atoms with Gasteiger partial charge >= 0.3 is 64.7 Å². The zero-order valence-corrected chi connectivity index (χ0v) is 21.7. The third kappa shape index (κ3) is 3.75. The van der Waals surface area contributed by atoms with Gasteiger partial charge in [0.2, 0.25) is 17.5 Å². The van der Waals surface area contributed by atoms with Crippen LogP contribution >= 0.6 is 7.80 Å². The number of anilines is 1. The first kappa shape index (κ1) is 24.3. The molecule has 3 atom stereocenters. The summed E-state index contributed by atoms with van der Waals surface area (Å²) in [6.07, 6.45) is 0.891. The van der Waals surface area contributed by atoms with E-state index in [2.05, 4.69) is 5.32 Å². The molecule has 1 N–H and O–H groups in total. The van der Waals surface area contributed by atoms with Crippen LogP contribution < -0.4 is 62.0 Å². The van der Waals surface area contributed by atoms with Crippen LogP contribution in [0.4, 0.5) is 5.69 Å². The summed E-state index contributed by atoms with van der Waals surface area (Å²) in [5.41, 5.74) is -1.74. The van der Waals surface area contributed by atoms with Crippen LogP contribution in [0, 0.1) is 16.7 Å². The minimum absolute atomic E-state index is 0. The van der Waals surface area contributed by atoms with Crippen LogP contribution in [0.2, 0.25) is 0 Å². The van der Waals surface area contributed by atoms with Gasteiger partial charge in [0.25, 0.3) is 0 Å². The normalized spacial score (nSPS) is 23.8. The molecule has 2 fully saturated rings. The monoisotopic (exact) mass is 462 g/mol. The molecule has 2 aromatic rings. The van der Waals surface area contributed by atoms with Gasteiger partial charge in [0.1, 0.15) is 5.41 Å². The van der Waals surface area contributed by atoms with E-state index in [4.69, 9.17) is 0 Å². The number of amides is 1. The molecule has 31 heavy (non-hydrogen) atoms. The van der Waals surface area contributed by atoms with Crippen LogP contribution in [0.3, 0.4) is 0 Å². The fraction of sp³-hybridized carbons (Fsp3) is 0.304. The van der Waals surface area contributed by atoms with Crippen LogP contribution in [-0.2, 0) is 18.9 Å². The number of Topliss-reactive ketones (excluding diaryl/α,β-unsaturated/α-hetero) is 2. The Hall–Kier alpha value is -1.34. The van der Waals surface area contributed by atoms with Gasteiger partial charge in [0, 0.05) is 11.6 Å². The number of benzene rings is 2. The fourth-order valence-corrected chi connectivity index (χ4v) is 5.86. The van der Waals surface area contributed by atoms with Gasteiger partial charge in [-0.1, -0.05) is 36.6 Å². The van der Waals surface area contributed by atoms with Crippen molar-refractivity contribution in [3.63, 3.8) is 0 Å². The van der Waals surface area contributed by atoms with E-state index in [0.717, 1.165) is 0 Å². The van der Waals surface area contributed by atoms with E-state index in [9.17, 15) is 23.7 Å². The van der Waals surface area contributed by atoms with Gasteiger partial charge in [-0.15, -0.1) is 0 Å². The van der Waals surface area contributed by atoms with E-state index in [-0.39, 0.29) is 52.8 Å². The van der Waals surface area contributed by atoms with Crippen molar-refractivity contribution in [2.24, 2.45) is 16.7 Å². The molecule has 0 aliphatic heterocycles. The molecule has 0 heterocycles. The van der Waals surface area contributed by atoms with Gasteiger partial charge in [-0.05, 0) is 54.7 Å². The summed E-state index contributed by atoms with van der Waals surface area (Å²) in [7, 11) is -2.29. The molecule has 2 bridgehead atoms. The second kappa shape index (κ2) is 8.89. The zero-order valence-electron chi connectivity index (χ0n) is 18.7. The van der Waals surface area contributed by atoms with Crippen LogP contribution in [0.5, 0.6) is 0 Å². The third-order valence-electron chi connectivity index (χ3n) is 6.66. The summed E-state index contributed by atoms with van der Waals surface area (Å²) in [5.74, 6) is -1.95. The first-order valence-corrected chi connectivity index (χ1v) is 11.0. The SMILES string of the molecule is CC1(C)C2CCC1(C(=O)Nc1ccc([P+](=O)C(=O)c3ccccc3)cc1)C(=O)C2=O.[H-].[K+]. The molecule has 2 aliphatic carbocycles. The molecule has 4 rings (SSSR count). The van der Waals surface area contributed by atoms with Crippen molar-refractivity contribution in [3.05, 3.63) is 60.2 Å². The van der Waals surface area contributed by atoms with Gasteiger partial charge in [-0.2, -0.15) is 0 Å². The summed E-state index contributed by atoms with van der Waals surface area (Å²) in [5, 5.41) is 3.09. The number of fused-ring (bicyclic) bond motifs is 2. The molecule has 0 aromatic heterocycles. The Kier molecular flexibility index (Phi) is 6.97. The first-order chi connectivity index (χ1) is 14.2. The second-order valence-electron chi connectivity index (χ2n) is 8.38. The van der Waals surface area contributed by atoms with Gasteiger partial charge in [-0.3, -0.25) is 14.4 Å². The van der Waals surface area contributed by atoms with Crippen molar-refractivity contribution in [2.75, 3.05) is 5.32 Å². The van der Waals surface area contributed by atoms with E-state index in [1.807, 2.05) is 0 Å². The van der Waals surface area contributed by atoms with E-state index in [1.165, 1.54) is 12.1 Å². The quantitative estimate of drug-likeness (QED) is 0.304. The molecule has 1 amide bonds. The van der Waals surface area contributed by atoms with Crippen molar-refractivity contribution in [2.45, 2.75) is 26.7 Å². The summed E-state index contributed by atoms with van der Waals surface area (Å²) in [6.45, 7) is 3.60. The van der Waals surface area contributed by atoms with Gasteiger partial charge in [-0.25, -0.2) is 4.79 Å². The molecule has 3 unspecified atom stereocenters. The van der Waals surface area contributed by atoms with E-state index in [0.29, 0.717) is 29.4 Å². The molecule has 8 heteroatoms. The van der Waals surface area contributed by atoms with Gasteiger partial charge < -0.3 is 6.74 Å². The summed E-state index contributed by atoms with van der Waals surface area (Å²) >= 11 is 0. The molecule has 2 aliphatic rings. The fourth-order valence-electron chi connectivity index (χ4n) is 4.82. The summed E-state index contributed by atoms with van der Waals surface area (Å²) < 4.78 is 12.6. The van der Waals surface area contributed by atoms with E-state index in [1.54, 1.807) is 56.3 Å². The second-order valence-corrected chi connectivity index (χ2v) is 9.89. The molecule has 6 nitrogen and oxygen atoms in total. The Labute approximate surface area is 225 Å². The smallest absolute Gasteiger partial charge is 1.00 e. The minimum atomic E-state index is -2.29. The van der Waals surface area contributed by atoms with Crippen LogP contribution in [0.15, 0.2) is 54.6 Å². The molecule has 2 aromatic carbocycles. The van der Waals surface area contributed by atoms with Crippen LogP contribution in [0.1, 0.15) is 38.5 Å². The number of hydrogen-bond acceptors (Lipinski definition) is 5. The molecule has 0 saturated heterocycles. The number of carbonyl (C=O) groups is 4. The summed E-state index contributed by atoms with van der Waals surface area (Å²) in [6, 6.07) is 14.6. The van der Waals surface area contributed by atoms with E-state index < -0.39 is 47.5 Å². The largest absolute Gasteiger partial charge is 1.00 e. The maximum absolute atomic E-state index is 13.1. The number of carbonyl (C=O) groups excluding carboxylic acids is 4. The number of nitrogens with one attached hydrogen (secondary N) is 1. The first-order valence-electron chi connectivity index (χ1n) is 9.77. The molecule has 0 radical (unpaired) electrons. The Morgan fingerprint density at radius 2 is 1.65 bits per heavy atom. The van der Waals surface area contributed by atoms with Gasteiger partial charge in [0.05, 0.1) is 5.56 Å². The van der Waals surface area contributed by atoms with Crippen molar-refractivity contribution < 1.29 is 76.6 Å². The standard InChI is InChI=1S/C23H20NO5P.K.H/c1-22(2)17-12-13-23(22,19(26)18(17)25)21(28)24-15-8-10-16(11-9-15)30(29)20(27)14-6-4-3-5-7-14;;/h3-11,17H,12-13H2,1-2H3;;/q;+1;-1/p+1. The number of rotatable bonds is 5. The molecular formula is C23H22KNO5P+. The molecule has 2 saturated carbocycles. The Balaban J connectivity index is 0.00000181. The third-order valence-corrected chi connectivity index (χ3v) is 8.05. The molecule has 154 valence electrons. The van der Waals surface area contributed by atoms with Crippen molar-refractivity contribution in [1.29, 1.82) is 0 Å². The maximum atomic E-state index is 13.1. The topological polar surface area (TPSA) is 97.4 Å². The summed E-state index contributed by atoms with van der Waals surface area (Å²) in [4.78, 5) is 50.3. The van der Waals surface area contributed by atoms with Gasteiger partial charge in [0.15, 0.2) is 5.30 Å². The van der Waals surface area contributed by atoms with Crippen molar-refractivity contribution in [3.8, 4) is 0 Å². The Morgan fingerprint density at radius 3 is 2.19 bits per heavy atom. The Bertz CT molecular complexity index is 1100. The predicted octanol–water partition coefficient (Wildman–Crippen LogP) is 0.609. The van der Waals surface area contributed by atoms with Crippen LogP contribution in [-0.4, -0.2) is 23.0 Å². The minimum Gasteiger partial charge on any atom is -1.00 e. The van der Waals surface area contributed by atoms with E-state index >= 15 is 0 Å². The average Bonchev–Trinajstić information content (AvgIpc) is 3.10. The maximum Gasteiger partial charge on any atom is 1.00 e. The van der Waals surface area contributed by atoms with Crippen molar-refractivity contribution in [1.82, 2.24) is 0 Å². The number of hydrogen-bond donors (Lipinski definition) is 1. The Morgan fingerprint density at radius 1 is 1.03 bits per heavy atom. The van der Waals surface area contributed by atoms with Crippen molar-refractivity contribution >= 4 is 41.8 Å². The average molecular weight is 463 g/mol. The zero-order chi connectivity index (χ0) is 21.7. The predicted molar refractivity (Wildman–Crippen MR) is 113 cm³/mol. The molecule has 0 spiro atoms. The number of ketones is 2.